The molecule has 2 rings (SSSR count). The number of fused-ring (bicyclic) bond motifs is 1. The number of nitrogens with zero attached hydrogens (tertiary/aromatic N) is 1. The molecule has 1 heterocycles. The van der Waals surface area contributed by atoms with Crippen molar-refractivity contribution in [2.45, 2.75) is 33.6 Å². The number of allylic oxidation sites excluding steroid dienone is 1. The van der Waals surface area contributed by atoms with Gasteiger partial charge in [0, 0.05) is 18.0 Å². The van der Waals surface area contributed by atoms with E-state index in [4.69, 9.17) is 0 Å². The third kappa shape index (κ3) is 2.73. The maximum absolute atomic E-state index is 11.8. The molecule has 2 heteroatoms. The van der Waals surface area contributed by atoms with E-state index in [0.29, 0.717) is 12.0 Å². The number of Topliss-reactive ketones (excluding diaryl/α,β-unsaturated/α-hetero) is 1. The average Bonchev–Trinajstić information content (AvgIpc) is 2.37. The molecule has 1 aromatic heterocycles. The van der Waals surface area contributed by atoms with E-state index in [1.165, 1.54) is 16.5 Å². The molecule has 0 aliphatic heterocycles. The standard InChI is InChI=1S/C17H19NO/c1-5-14-6-7-18-15-9-13(8-12(4)17(14)15)10-16(19)11(2)3/h6-9H,2,5,10H2,1,3-4H3. The molecule has 0 fully saturated rings. The summed E-state index contributed by atoms with van der Waals surface area (Å²) in [5.74, 6) is 0.0883. The van der Waals surface area contributed by atoms with Crippen LogP contribution in [0.2, 0.25) is 0 Å². The van der Waals surface area contributed by atoms with Gasteiger partial charge >= 0.3 is 0 Å². The Morgan fingerprint density at radius 2 is 2.11 bits per heavy atom. The third-order valence-corrected chi connectivity index (χ3v) is 3.41. The highest BCUT2D eigenvalue weighted by molar-refractivity contribution is 5.96. The highest BCUT2D eigenvalue weighted by Crippen LogP contribution is 2.23. The second-order valence-corrected chi connectivity index (χ2v) is 5.01. The Balaban J connectivity index is 2.51. The molecule has 0 aliphatic rings. The van der Waals surface area contributed by atoms with Crippen molar-refractivity contribution in [2.75, 3.05) is 0 Å². The Kier molecular flexibility index (Phi) is 3.79. The molecule has 0 radical (unpaired) electrons. The van der Waals surface area contributed by atoms with Crippen molar-refractivity contribution in [1.82, 2.24) is 4.98 Å². The van der Waals surface area contributed by atoms with Crippen LogP contribution in [0.15, 0.2) is 36.5 Å². The molecule has 0 atom stereocenters. The summed E-state index contributed by atoms with van der Waals surface area (Å²) in [6, 6.07) is 6.17. The number of carbonyl (C=O) groups is 1. The van der Waals surface area contributed by atoms with Crippen LogP contribution in [0.5, 0.6) is 0 Å². The summed E-state index contributed by atoms with van der Waals surface area (Å²) in [6.45, 7) is 9.68. The van der Waals surface area contributed by atoms with Crippen LogP contribution in [0.3, 0.4) is 0 Å². The maximum Gasteiger partial charge on any atom is 0.162 e. The second kappa shape index (κ2) is 5.35. The quantitative estimate of drug-likeness (QED) is 0.776. The van der Waals surface area contributed by atoms with Crippen LogP contribution in [0.1, 0.15) is 30.5 Å². The molecule has 0 bridgehead atoms. The topological polar surface area (TPSA) is 30.0 Å². The predicted octanol–water partition coefficient (Wildman–Crippen LogP) is 3.79. The fraction of sp³-hybridized carbons (Fsp3) is 0.294. The van der Waals surface area contributed by atoms with Gasteiger partial charge in [0.2, 0.25) is 0 Å². The van der Waals surface area contributed by atoms with E-state index in [9.17, 15) is 4.79 Å². The van der Waals surface area contributed by atoms with Gasteiger partial charge in [-0.2, -0.15) is 0 Å². The zero-order valence-electron chi connectivity index (χ0n) is 11.8. The van der Waals surface area contributed by atoms with Gasteiger partial charge in [-0.3, -0.25) is 9.78 Å². The summed E-state index contributed by atoms with van der Waals surface area (Å²) >= 11 is 0. The minimum absolute atomic E-state index is 0.0883. The van der Waals surface area contributed by atoms with Gasteiger partial charge in [-0.05, 0) is 54.7 Å². The molecule has 2 nitrogen and oxygen atoms in total. The van der Waals surface area contributed by atoms with Crippen LogP contribution in [0.25, 0.3) is 10.9 Å². The number of benzene rings is 1. The SMILES string of the molecule is C=C(C)C(=O)Cc1cc(C)c2c(CC)ccnc2c1. The number of rotatable bonds is 4. The van der Waals surface area contributed by atoms with E-state index >= 15 is 0 Å². The minimum Gasteiger partial charge on any atom is -0.294 e. The third-order valence-electron chi connectivity index (χ3n) is 3.41. The summed E-state index contributed by atoms with van der Waals surface area (Å²) in [7, 11) is 0. The van der Waals surface area contributed by atoms with Crippen LogP contribution >= 0.6 is 0 Å². The number of aryl methyl sites for hydroxylation is 2. The molecule has 0 saturated heterocycles. The Hall–Kier alpha value is -1.96. The molecule has 98 valence electrons. The zero-order valence-corrected chi connectivity index (χ0v) is 11.8. The zero-order chi connectivity index (χ0) is 14.0. The normalized spacial score (nSPS) is 10.7. The Bertz CT molecular complexity index is 656. The van der Waals surface area contributed by atoms with E-state index in [-0.39, 0.29) is 5.78 Å². The number of ketones is 1. The Labute approximate surface area is 114 Å². The molecule has 0 N–H and O–H groups in total. The molecule has 0 saturated carbocycles. The summed E-state index contributed by atoms with van der Waals surface area (Å²) in [5, 5.41) is 1.22. The van der Waals surface area contributed by atoms with Gasteiger partial charge in [-0.25, -0.2) is 0 Å². The summed E-state index contributed by atoms with van der Waals surface area (Å²) in [6.07, 6.45) is 3.24. The number of pyridine rings is 1. The lowest BCUT2D eigenvalue weighted by atomic mass is 9.97. The van der Waals surface area contributed by atoms with Crippen molar-refractivity contribution in [3.63, 3.8) is 0 Å². The van der Waals surface area contributed by atoms with Gasteiger partial charge in [-0.15, -0.1) is 0 Å². The first kappa shape index (κ1) is 13.5. The van der Waals surface area contributed by atoms with Crippen LogP contribution in [-0.4, -0.2) is 10.8 Å². The molecule has 2 aromatic rings. The average molecular weight is 253 g/mol. The van der Waals surface area contributed by atoms with Gasteiger partial charge in [0.25, 0.3) is 0 Å². The van der Waals surface area contributed by atoms with Crippen molar-refractivity contribution >= 4 is 16.7 Å². The van der Waals surface area contributed by atoms with Crippen LogP contribution in [0.4, 0.5) is 0 Å². The fourth-order valence-corrected chi connectivity index (χ4v) is 2.39. The highest BCUT2D eigenvalue weighted by atomic mass is 16.1. The van der Waals surface area contributed by atoms with Gasteiger partial charge in [0.15, 0.2) is 5.78 Å². The second-order valence-electron chi connectivity index (χ2n) is 5.01. The largest absolute Gasteiger partial charge is 0.294 e. The monoisotopic (exact) mass is 253 g/mol. The van der Waals surface area contributed by atoms with Gasteiger partial charge in [-0.1, -0.05) is 19.6 Å². The summed E-state index contributed by atoms with van der Waals surface area (Å²) in [5.41, 5.74) is 5.09. The smallest absolute Gasteiger partial charge is 0.162 e. The highest BCUT2D eigenvalue weighted by Gasteiger charge is 2.09. The molecule has 19 heavy (non-hydrogen) atoms. The van der Waals surface area contributed by atoms with E-state index in [0.717, 1.165) is 17.5 Å². The van der Waals surface area contributed by atoms with Gasteiger partial charge in [0.05, 0.1) is 5.52 Å². The predicted molar refractivity (Wildman–Crippen MR) is 79.4 cm³/mol. The lowest BCUT2D eigenvalue weighted by Gasteiger charge is -2.10. The van der Waals surface area contributed by atoms with Crippen molar-refractivity contribution in [1.29, 1.82) is 0 Å². The van der Waals surface area contributed by atoms with Gasteiger partial charge < -0.3 is 0 Å². The maximum atomic E-state index is 11.8. The van der Waals surface area contributed by atoms with Crippen LogP contribution < -0.4 is 0 Å². The van der Waals surface area contributed by atoms with E-state index in [1.54, 1.807) is 6.92 Å². The first-order valence-electron chi connectivity index (χ1n) is 6.58. The molecule has 0 aliphatic carbocycles. The Morgan fingerprint density at radius 1 is 1.37 bits per heavy atom. The number of hydrogen-bond donors (Lipinski definition) is 0. The van der Waals surface area contributed by atoms with Crippen LogP contribution in [-0.2, 0) is 17.6 Å². The Morgan fingerprint density at radius 3 is 2.74 bits per heavy atom. The van der Waals surface area contributed by atoms with Crippen molar-refractivity contribution in [2.24, 2.45) is 0 Å². The summed E-state index contributed by atoms with van der Waals surface area (Å²) < 4.78 is 0. The van der Waals surface area contributed by atoms with Crippen molar-refractivity contribution in [3.8, 4) is 0 Å². The number of hydrogen-bond acceptors (Lipinski definition) is 2. The first-order chi connectivity index (χ1) is 9.02. The molecule has 0 unspecified atom stereocenters. The van der Waals surface area contributed by atoms with E-state index < -0.39 is 0 Å². The van der Waals surface area contributed by atoms with Crippen LogP contribution in [0, 0.1) is 6.92 Å². The number of carbonyl (C=O) groups excluding carboxylic acids is 1. The lowest BCUT2D eigenvalue weighted by Crippen LogP contribution is -2.04. The minimum atomic E-state index is 0.0883. The molecule has 0 spiro atoms. The fourth-order valence-electron chi connectivity index (χ4n) is 2.39. The molecule has 0 amide bonds. The van der Waals surface area contributed by atoms with Crippen molar-refractivity contribution < 1.29 is 4.79 Å². The van der Waals surface area contributed by atoms with Crippen molar-refractivity contribution in [3.05, 3.63) is 53.2 Å². The lowest BCUT2D eigenvalue weighted by molar-refractivity contribution is -0.114. The van der Waals surface area contributed by atoms with E-state index in [2.05, 4.69) is 37.5 Å². The molecular formula is C17H19NO. The van der Waals surface area contributed by atoms with E-state index in [1.807, 2.05) is 12.3 Å². The first-order valence-corrected chi connectivity index (χ1v) is 6.58. The number of aromatic nitrogens is 1. The van der Waals surface area contributed by atoms with Gasteiger partial charge in [0.1, 0.15) is 0 Å². The molecular weight excluding hydrogens is 234 g/mol. The molecule has 1 aromatic carbocycles. The summed E-state index contributed by atoms with van der Waals surface area (Å²) in [4.78, 5) is 16.2.